The van der Waals surface area contributed by atoms with Crippen molar-refractivity contribution in [2.45, 2.75) is 57.9 Å². The summed E-state index contributed by atoms with van der Waals surface area (Å²) in [4.78, 5) is 25.9. The first kappa shape index (κ1) is 14.8. The number of nitrogens with one attached hydrogen (secondary N) is 1. The lowest BCUT2D eigenvalue weighted by atomic mass is 9.75. The second-order valence-electron chi connectivity index (χ2n) is 6.20. The number of nitrogens with zero attached hydrogens (tertiary/aromatic N) is 1. The summed E-state index contributed by atoms with van der Waals surface area (Å²) in [5, 5.41) is 3.69. The molecule has 1 unspecified atom stereocenters. The predicted octanol–water partition coefficient (Wildman–Crippen LogP) is 3.05. The lowest BCUT2D eigenvalue weighted by Crippen LogP contribution is -2.46. The van der Waals surface area contributed by atoms with Gasteiger partial charge in [0, 0.05) is 11.9 Å². The van der Waals surface area contributed by atoms with Crippen LogP contribution in [0.3, 0.4) is 0 Å². The average Bonchev–Trinajstić information content (AvgIpc) is 2.64. The Balaban J connectivity index is 2.14. The molecule has 0 aromatic heterocycles. The number of hydrogen-bond acceptors (Lipinski definition) is 2. The van der Waals surface area contributed by atoms with E-state index in [4.69, 9.17) is 0 Å². The Morgan fingerprint density at radius 1 is 1.26 bits per heavy atom. The molecule has 1 aliphatic heterocycles. The average molecular weight is 331 g/mol. The molecule has 0 radical (unpaired) electrons. The number of urea groups is 1. The minimum absolute atomic E-state index is 0.0640. The van der Waals surface area contributed by atoms with E-state index in [1.807, 2.05) is 13.8 Å². The number of carbonyl (C=O) groups is 2. The Kier molecular flexibility index (Phi) is 4.23. The molecule has 1 heterocycles. The van der Waals surface area contributed by atoms with E-state index in [1.54, 1.807) is 0 Å². The minimum atomic E-state index is -0.709. The maximum Gasteiger partial charge on any atom is 0.325 e. The minimum Gasteiger partial charge on any atom is -0.323 e. The van der Waals surface area contributed by atoms with Crippen LogP contribution in [0.4, 0.5) is 4.79 Å². The van der Waals surface area contributed by atoms with Crippen molar-refractivity contribution in [3.8, 4) is 0 Å². The zero-order valence-corrected chi connectivity index (χ0v) is 13.4. The molecule has 0 spiro atoms. The van der Waals surface area contributed by atoms with Crippen LogP contribution in [0.1, 0.15) is 52.4 Å². The normalized spacial score (nSPS) is 30.6. The molecule has 5 heteroatoms. The molecule has 0 bridgehead atoms. The van der Waals surface area contributed by atoms with Crippen LogP contribution in [0.5, 0.6) is 0 Å². The SMILES string of the molecule is CCC1(C)NC(=O)N(CC2(CBr)CCCCC2)C1=O. The van der Waals surface area contributed by atoms with E-state index < -0.39 is 5.54 Å². The van der Waals surface area contributed by atoms with Gasteiger partial charge in [0.1, 0.15) is 5.54 Å². The van der Waals surface area contributed by atoms with Crippen LogP contribution < -0.4 is 5.32 Å². The third-order valence-electron chi connectivity index (χ3n) is 4.74. The molecular weight excluding hydrogens is 308 g/mol. The molecule has 0 aromatic carbocycles. The molecule has 3 amide bonds. The molecule has 2 aliphatic rings. The summed E-state index contributed by atoms with van der Waals surface area (Å²) < 4.78 is 0. The van der Waals surface area contributed by atoms with E-state index in [-0.39, 0.29) is 17.4 Å². The standard InChI is InChI=1S/C14H23BrN2O2/c1-3-13(2)11(18)17(12(19)16-13)10-14(9-15)7-5-4-6-8-14/h3-10H2,1-2H3,(H,16,19). The van der Waals surface area contributed by atoms with Crippen molar-refractivity contribution in [3.63, 3.8) is 0 Å². The molecule has 2 fully saturated rings. The highest BCUT2D eigenvalue weighted by atomic mass is 79.9. The maximum absolute atomic E-state index is 12.4. The Morgan fingerprint density at radius 2 is 1.89 bits per heavy atom. The first-order valence-corrected chi connectivity index (χ1v) is 8.29. The summed E-state index contributed by atoms with van der Waals surface area (Å²) in [6.07, 6.45) is 6.48. The number of carbonyl (C=O) groups excluding carboxylic acids is 2. The van der Waals surface area contributed by atoms with Gasteiger partial charge in [-0.15, -0.1) is 0 Å². The third kappa shape index (κ3) is 2.67. The predicted molar refractivity (Wildman–Crippen MR) is 78.3 cm³/mol. The third-order valence-corrected chi connectivity index (χ3v) is 5.93. The molecule has 1 N–H and O–H groups in total. The zero-order valence-electron chi connectivity index (χ0n) is 11.8. The Morgan fingerprint density at radius 3 is 2.37 bits per heavy atom. The van der Waals surface area contributed by atoms with Crippen LogP contribution in [0.15, 0.2) is 0 Å². The van der Waals surface area contributed by atoms with Gasteiger partial charge in [-0.05, 0) is 31.6 Å². The van der Waals surface area contributed by atoms with Gasteiger partial charge in [-0.25, -0.2) is 4.79 Å². The Labute approximate surface area is 123 Å². The first-order chi connectivity index (χ1) is 8.96. The highest BCUT2D eigenvalue weighted by molar-refractivity contribution is 9.09. The lowest BCUT2D eigenvalue weighted by Gasteiger charge is -2.38. The topological polar surface area (TPSA) is 49.4 Å². The molecule has 1 aliphatic carbocycles. The zero-order chi connectivity index (χ0) is 14.1. The highest BCUT2D eigenvalue weighted by Crippen LogP contribution is 2.39. The van der Waals surface area contributed by atoms with Gasteiger partial charge >= 0.3 is 6.03 Å². The summed E-state index contributed by atoms with van der Waals surface area (Å²) in [7, 11) is 0. The van der Waals surface area contributed by atoms with Crippen molar-refractivity contribution in [2.75, 3.05) is 11.9 Å². The van der Waals surface area contributed by atoms with Crippen LogP contribution in [0.25, 0.3) is 0 Å². The van der Waals surface area contributed by atoms with E-state index in [0.717, 1.165) is 18.2 Å². The fourth-order valence-electron chi connectivity index (χ4n) is 3.10. The van der Waals surface area contributed by atoms with E-state index in [0.29, 0.717) is 13.0 Å². The van der Waals surface area contributed by atoms with Crippen molar-refractivity contribution < 1.29 is 9.59 Å². The second-order valence-corrected chi connectivity index (χ2v) is 6.76. The Hall–Kier alpha value is -0.580. The largest absolute Gasteiger partial charge is 0.325 e. The monoisotopic (exact) mass is 330 g/mol. The van der Waals surface area contributed by atoms with Gasteiger partial charge in [0.2, 0.25) is 0 Å². The van der Waals surface area contributed by atoms with Crippen LogP contribution >= 0.6 is 15.9 Å². The molecule has 1 saturated heterocycles. The van der Waals surface area contributed by atoms with Crippen molar-refractivity contribution in [2.24, 2.45) is 5.41 Å². The first-order valence-electron chi connectivity index (χ1n) is 7.16. The molecule has 4 nitrogen and oxygen atoms in total. The van der Waals surface area contributed by atoms with Gasteiger partial charge in [0.25, 0.3) is 5.91 Å². The number of alkyl halides is 1. The van der Waals surface area contributed by atoms with Crippen LogP contribution in [0, 0.1) is 5.41 Å². The molecular formula is C14H23BrN2O2. The quantitative estimate of drug-likeness (QED) is 0.636. The highest BCUT2D eigenvalue weighted by Gasteiger charge is 2.49. The van der Waals surface area contributed by atoms with Crippen molar-refractivity contribution >= 4 is 27.9 Å². The molecule has 1 atom stereocenters. The van der Waals surface area contributed by atoms with Crippen molar-refractivity contribution in [1.82, 2.24) is 10.2 Å². The smallest absolute Gasteiger partial charge is 0.323 e. The van der Waals surface area contributed by atoms with Crippen molar-refractivity contribution in [1.29, 1.82) is 0 Å². The molecule has 108 valence electrons. The van der Waals surface area contributed by atoms with Crippen LogP contribution in [0.2, 0.25) is 0 Å². The van der Waals surface area contributed by atoms with Gasteiger partial charge < -0.3 is 5.32 Å². The Bertz CT molecular complexity index is 380. The van der Waals surface area contributed by atoms with Gasteiger partial charge in [0.15, 0.2) is 0 Å². The van der Waals surface area contributed by atoms with Gasteiger partial charge in [-0.3, -0.25) is 9.69 Å². The maximum atomic E-state index is 12.4. The van der Waals surface area contributed by atoms with Crippen LogP contribution in [-0.2, 0) is 4.79 Å². The second kappa shape index (κ2) is 5.43. The number of rotatable bonds is 4. The van der Waals surface area contributed by atoms with E-state index in [1.165, 1.54) is 24.2 Å². The summed E-state index contributed by atoms with van der Waals surface area (Å²) >= 11 is 3.59. The fourth-order valence-corrected chi connectivity index (χ4v) is 3.84. The number of halogens is 1. The van der Waals surface area contributed by atoms with Crippen molar-refractivity contribution in [3.05, 3.63) is 0 Å². The summed E-state index contributed by atoms with van der Waals surface area (Å²) in [6, 6.07) is -0.222. The van der Waals surface area contributed by atoms with Crippen LogP contribution in [-0.4, -0.2) is 34.3 Å². The number of hydrogen-bond donors (Lipinski definition) is 1. The molecule has 19 heavy (non-hydrogen) atoms. The lowest BCUT2D eigenvalue weighted by molar-refractivity contribution is -0.132. The van der Waals surface area contributed by atoms with E-state index >= 15 is 0 Å². The van der Waals surface area contributed by atoms with Gasteiger partial charge in [-0.1, -0.05) is 42.1 Å². The van der Waals surface area contributed by atoms with E-state index in [2.05, 4.69) is 21.2 Å². The van der Waals surface area contributed by atoms with E-state index in [9.17, 15) is 9.59 Å². The van der Waals surface area contributed by atoms with Gasteiger partial charge in [0.05, 0.1) is 0 Å². The fraction of sp³-hybridized carbons (Fsp3) is 0.857. The van der Waals surface area contributed by atoms with Gasteiger partial charge in [-0.2, -0.15) is 0 Å². The summed E-state index contributed by atoms with van der Waals surface area (Å²) in [5.41, 5.74) is -0.635. The molecule has 1 saturated carbocycles. The summed E-state index contributed by atoms with van der Waals surface area (Å²) in [5.74, 6) is -0.0640. The molecule has 0 aromatic rings. The number of imide groups is 1. The number of amides is 3. The molecule has 2 rings (SSSR count). The summed E-state index contributed by atoms with van der Waals surface area (Å²) in [6.45, 7) is 4.30.